The number of allylic oxidation sites excluding steroid dienone is 1. The second-order valence-corrected chi connectivity index (χ2v) is 6.16. The third kappa shape index (κ3) is 3.29. The highest BCUT2D eigenvalue weighted by Crippen LogP contribution is 2.13. The summed E-state index contributed by atoms with van der Waals surface area (Å²) in [6, 6.07) is 0.288. The third-order valence-corrected chi connectivity index (χ3v) is 4.62. The van der Waals surface area contributed by atoms with E-state index >= 15 is 0 Å². The van der Waals surface area contributed by atoms with Crippen LogP contribution in [-0.2, 0) is 10.0 Å². The molecule has 0 spiro atoms. The standard InChI is InChI=1S/C10H20N2O2S/c1-4-5-6-15(13,14)12-8-9(2)11-7-10(12)3/h4,9-11H,1,5-8H2,2-3H3. The SMILES string of the molecule is C=CCCS(=O)(=O)N1CC(C)NCC1C. The van der Waals surface area contributed by atoms with E-state index in [-0.39, 0.29) is 17.8 Å². The molecule has 2 unspecified atom stereocenters. The van der Waals surface area contributed by atoms with Gasteiger partial charge in [-0.25, -0.2) is 8.42 Å². The highest BCUT2D eigenvalue weighted by atomic mass is 32.2. The van der Waals surface area contributed by atoms with E-state index in [9.17, 15) is 8.42 Å². The zero-order chi connectivity index (χ0) is 11.5. The maximum absolute atomic E-state index is 12.0. The van der Waals surface area contributed by atoms with E-state index in [1.54, 1.807) is 10.4 Å². The Hall–Kier alpha value is -0.390. The molecule has 1 saturated heterocycles. The van der Waals surface area contributed by atoms with Crippen LogP contribution in [0.5, 0.6) is 0 Å². The third-order valence-electron chi connectivity index (χ3n) is 2.64. The van der Waals surface area contributed by atoms with Crippen LogP contribution in [0.1, 0.15) is 20.3 Å². The van der Waals surface area contributed by atoms with E-state index in [2.05, 4.69) is 11.9 Å². The predicted molar refractivity (Wildman–Crippen MR) is 62.2 cm³/mol. The van der Waals surface area contributed by atoms with Gasteiger partial charge in [0.15, 0.2) is 0 Å². The minimum atomic E-state index is -3.11. The van der Waals surface area contributed by atoms with Crippen LogP contribution in [0, 0.1) is 0 Å². The van der Waals surface area contributed by atoms with E-state index < -0.39 is 10.0 Å². The minimum Gasteiger partial charge on any atom is -0.311 e. The van der Waals surface area contributed by atoms with Gasteiger partial charge >= 0.3 is 0 Å². The largest absolute Gasteiger partial charge is 0.311 e. The van der Waals surface area contributed by atoms with Gasteiger partial charge in [-0.05, 0) is 20.3 Å². The number of piperazine rings is 1. The topological polar surface area (TPSA) is 49.4 Å². The Morgan fingerprint density at radius 3 is 2.80 bits per heavy atom. The van der Waals surface area contributed by atoms with Gasteiger partial charge in [0.05, 0.1) is 5.75 Å². The molecular formula is C10H20N2O2S. The molecule has 0 radical (unpaired) electrons. The molecule has 0 aromatic rings. The summed E-state index contributed by atoms with van der Waals surface area (Å²) in [6.45, 7) is 8.79. The molecule has 1 fully saturated rings. The molecular weight excluding hydrogens is 212 g/mol. The van der Waals surface area contributed by atoms with Crippen molar-refractivity contribution in [2.45, 2.75) is 32.4 Å². The molecule has 1 aliphatic rings. The van der Waals surface area contributed by atoms with Crippen molar-refractivity contribution >= 4 is 10.0 Å². The van der Waals surface area contributed by atoms with E-state index in [0.29, 0.717) is 13.0 Å². The van der Waals surface area contributed by atoms with Crippen molar-refractivity contribution in [3.05, 3.63) is 12.7 Å². The number of sulfonamides is 1. The smallest absolute Gasteiger partial charge is 0.214 e. The van der Waals surface area contributed by atoms with E-state index in [4.69, 9.17) is 0 Å². The summed E-state index contributed by atoms with van der Waals surface area (Å²) in [5.74, 6) is 0.174. The number of rotatable bonds is 4. The van der Waals surface area contributed by atoms with Crippen LogP contribution in [0.25, 0.3) is 0 Å². The van der Waals surface area contributed by atoms with Crippen molar-refractivity contribution in [3.63, 3.8) is 0 Å². The quantitative estimate of drug-likeness (QED) is 0.721. The number of nitrogens with one attached hydrogen (secondary N) is 1. The first kappa shape index (κ1) is 12.7. The lowest BCUT2D eigenvalue weighted by Crippen LogP contribution is -2.56. The summed E-state index contributed by atoms with van der Waals surface area (Å²) in [6.07, 6.45) is 2.17. The van der Waals surface area contributed by atoms with Crippen LogP contribution in [-0.4, -0.2) is 43.6 Å². The van der Waals surface area contributed by atoms with Crippen molar-refractivity contribution in [3.8, 4) is 0 Å². The molecule has 88 valence electrons. The molecule has 0 amide bonds. The van der Waals surface area contributed by atoms with Crippen molar-refractivity contribution in [2.24, 2.45) is 0 Å². The van der Waals surface area contributed by atoms with Crippen molar-refractivity contribution < 1.29 is 8.42 Å². The van der Waals surface area contributed by atoms with Gasteiger partial charge in [0, 0.05) is 25.2 Å². The molecule has 0 aliphatic carbocycles. The van der Waals surface area contributed by atoms with E-state index in [1.165, 1.54) is 0 Å². The van der Waals surface area contributed by atoms with Gasteiger partial charge in [-0.2, -0.15) is 4.31 Å². The van der Waals surface area contributed by atoms with Crippen molar-refractivity contribution in [2.75, 3.05) is 18.8 Å². The maximum atomic E-state index is 12.0. The molecule has 1 heterocycles. The van der Waals surface area contributed by atoms with Crippen molar-refractivity contribution in [1.29, 1.82) is 0 Å². The van der Waals surface area contributed by atoms with Gasteiger partial charge in [0.2, 0.25) is 10.0 Å². The Morgan fingerprint density at radius 1 is 1.53 bits per heavy atom. The highest BCUT2D eigenvalue weighted by Gasteiger charge is 2.31. The number of nitrogens with zero attached hydrogens (tertiary/aromatic N) is 1. The summed E-state index contributed by atoms with van der Waals surface area (Å²) in [4.78, 5) is 0. The summed E-state index contributed by atoms with van der Waals surface area (Å²) in [7, 11) is -3.11. The molecule has 0 saturated carbocycles. The first-order chi connectivity index (χ1) is 6.97. The fourth-order valence-corrected chi connectivity index (χ4v) is 3.50. The van der Waals surface area contributed by atoms with Gasteiger partial charge in [-0.1, -0.05) is 6.08 Å². The second kappa shape index (κ2) is 5.09. The summed E-state index contributed by atoms with van der Waals surface area (Å²) >= 11 is 0. The fraction of sp³-hybridized carbons (Fsp3) is 0.800. The van der Waals surface area contributed by atoms with Crippen LogP contribution in [0.15, 0.2) is 12.7 Å². The van der Waals surface area contributed by atoms with E-state index in [1.807, 2.05) is 13.8 Å². The van der Waals surface area contributed by atoms with Crippen LogP contribution in [0.2, 0.25) is 0 Å². The monoisotopic (exact) mass is 232 g/mol. The summed E-state index contributed by atoms with van der Waals surface area (Å²) < 4.78 is 25.5. The lowest BCUT2D eigenvalue weighted by molar-refractivity contribution is 0.245. The summed E-state index contributed by atoms with van der Waals surface area (Å²) in [5, 5.41) is 3.26. The van der Waals surface area contributed by atoms with Crippen LogP contribution in [0.4, 0.5) is 0 Å². The molecule has 0 aromatic heterocycles. The predicted octanol–water partition coefficient (Wildman–Crippen LogP) is 0.574. The van der Waals surface area contributed by atoms with Crippen LogP contribution in [0.3, 0.4) is 0 Å². The molecule has 0 aromatic carbocycles. The molecule has 1 N–H and O–H groups in total. The Morgan fingerprint density at radius 2 is 2.20 bits per heavy atom. The first-order valence-electron chi connectivity index (χ1n) is 5.31. The highest BCUT2D eigenvalue weighted by molar-refractivity contribution is 7.89. The number of hydrogen-bond acceptors (Lipinski definition) is 3. The first-order valence-corrected chi connectivity index (χ1v) is 6.92. The van der Waals surface area contributed by atoms with Gasteiger partial charge in [0.25, 0.3) is 0 Å². The summed E-state index contributed by atoms with van der Waals surface area (Å²) in [5.41, 5.74) is 0. The zero-order valence-corrected chi connectivity index (χ0v) is 10.3. The Balaban J connectivity index is 2.71. The molecule has 15 heavy (non-hydrogen) atoms. The van der Waals surface area contributed by atoms with Crippen LogP contribution < -0.4 is 5.32 Å². The molecule has 4 nitrogen and oxygen atoms in total. The Bertz CT molecular complexity index is 313. The molecule has 0 bridgehead atoms. The molecule has 1 rings (SSSR count). The molecule has 5 heteroatoms. The lowest BCUT2D eigenvalue weighted by atomic mass is 10.2. The Kier molecular flexibility index (Phi) is 4.31. The van der Waals surface area contributed by atoms with E-state index in [0.717, 1.165) is 6.54 Å². The number of hydrogen-bond donors (Lipinski definition) is 1. The van der Waals surface area contributed by atoms with Gasteiger partial charge in [-0.3, -0.25) is 0 Å². The van der Waals surface area contributed by atoms with Crippen molar-refractivity contribution in [1.82, 2.24) is 9.62 Å². The average molecular weight is 232 g/mol. The minimum absolute atomic E-state index is 0.0519. The fourth-order valence-electron chi connectivity index (χ4n) is 1.73. The van der Waals surface area contributed by atoms with Gasteiger partial charge < -0.3 is 5.32 Å². The molecule has 2 atom stereocenters. The Labute approximate surface area is 92.4 Å². The van der Waals surface area contributed by atoms with Gasteiger partial charge in [0.1, 0.15) is 0 Å². The van der Waals surface area contributed by atoms with Crippen LogP contribution >= 0.6 is 0 Å². The average Bonchev–Trinajstić information content (AvgIpc) is 2.18. The lowest BCUT2D eigenvalue weighted by Gasteiger charge is -2.36. The maximum Gasteiger partial charge on any atom is 0.214 e. The normalized spacial score (nSPS) is 28.9. The van der Waals surface area contributed by atoms with Gasteiger partial charge in [-0.15, -0.1) is 6.58 Å². The molecule has 1 aliphatic heterocycles. The zero-order valence-electron chi connectivity index (χ0n) is 9.44. The second-order valence-electron chi connectivity index (χ2n) is 4.12.